The van der Waals surface area contributed by atoms with Crippen LogP contribution >= 0.6 is 11.3 Å². The smallest absolute Gasteiger partial charge is 0.151 e. The lowest BCUT2D eigenvalue weighted by Gasteiger charge is -2.16. The van der Waals surface area contributed by atoms with Crippen LogP contribution in [0.1, 0.15) is 29.7 Å². The second-order valence-corrected chi connectivity index (χ2v) is 5.84. The minimum atomic E-state index is 0.756. The van der Waals surface area contributed by atoms with Crippen LogP contribution in [0.5, 0.6) is 0 Å². The number of nitrogens with zero attached hydrogens (tertiary/aromatic N) is 4. The van der Waals surface area contributed by atoms with Crippen LogP contribution in [0.3, 0.4) is 0 Å². The molecule has 0 aliphatic heterocycles. The van der Waals surface area contributed by atoms with Crippen molar-refractivity contribution in [2.24, 2.45) is 0 Å². The molecule has 0 amide bonds. The molecule has 1 N–H and O–H groups in total. The predicted molar refractivity (Wildman–Crippen MR) is 83.0 cm³/mol. The van der Waals surface area contributed by atoms with E-state index in [1.165, 1.54) is 0 Å². The van der Waals surface area contributed by atoms with E-state index in [1.807, 2.05) is 26.1 Å². The lowest BCUT2D eigenvalue weighted by Crippen LogP contribution is -2.19. The van der Waals surface area contributed by atoms with E-state index < -0.39 is 0 Å². The second-order valence-electron chi connectivity index (χ2n) is 4.77. The lowest BCUT2D eigenvalue weighted by molar-refractivity contribution is 0.655. The number of anilines is 1. The van der Waals surface area contributed by atoms with E-state index in [4.69, 9.17) is 0 Å². The van der Waals surface area contributed by atoms with E-state index in [2.05, 4.69) is 37.7 Å². The van der Waals surface area contributed by atoms with Gasteiger partial charge in [-0.2, -0.15) is 5.10 Å². The van der Waals surface area contributed by atoms with E-state index in [0.717, 1.165) is 48.3 Å². The predicted octanol–water partition coefficient (Wildman–Crippen LogP) is 2.38. The Morgan fingerprint density at radius 1 is 1.25 bits per heavy atom. The number of hydrogen-bond donors (Lipinski definition) is 1. The molecule has 0 aromatic carbocycles. The summed E-state index contributed by atoms with van der Waals surface area (Å²) in [6.45, 7) is 6.71. The first-order valence-corrected chi connectivity index (χ1v) is 7.72. The normalized spacial score (nSPS) is 10.8. The Morgan fingerprint density at radius 3 is 2.70 bits per heavy atom. The molecule has 108 valence electrons. The van der Waals surface area contributed by atoms with Gasteiger partial charge in [-0.3, -0.25) is 0 Å². The highest BCUT2D eigenvalue weighted by atomic mass is 32.1. The van der Waals surface area contributed by atoms with E-state index in [0.29, 0.717) is 0 Å². The largest absolute Gasteiger partial charge is 0.352 e. The summed E-state index contributed by atoms with van der Waals surface area (Å²) in [5, 5.41) is 15.0. The molecule has 0 bridgehead atoms. The Hall–Kier alpha value is -1.53. The molecule has 2 aromatic rings. The average Bonchev–Trinajstić information content (AvgIpc) is 2.85. The molecule has 0 aliphatic carbocycles. The van der Waals surface area contributed by atoms with E-state index in [-0.39, 0.29) is 0 Å². The molecule has 2 aromatic heterocycles. The summed E-state index contributed by atoms with van der Waals surface area (Å²) >= 11 is 1.67. The standard InChI is InChI=1S/C14H21N5S/c1-4-7-15-8-12-5-6-14(18-17-12)19(3)9-13-10-20-11(2)16-13/h5-6,10,15H,4,7-9H2,1-3H3. The Kier molecular flexibility index (Phi) is 5.43. The molecule has 5 nitrogen and oxygen atoms in total. The number of aryl methyl sites for hydroxylation is 1. The zero-order chi connectivity index (χ0) is 14.4. The van der Waals surface area contributed by atoms with Crippen molar-refractivity contribution < 1.29 is 0 Å². The van der Waals surface area contributed by atoms with Crippen LogP contribution < -0.4 is 10.2 Å². The lowest BCUT2D eigenvalue weighted by atomic mass is 10.3. The highest BCUT2D eigenvalue weighted by molar-refractivity contribution is 7.09. The summed E-state index contributed by atoms with van der Waals surface area (Å²) in [5.74, 6) is 0.870. The van der Waals surface area contributed by atoms with Crippen molar-refractivity contribution in [3.05, 3.63) is 33.9 Å². The van der Waals surface area contributed by atoms with E-state index >= 15 is 0 Å². The van der Waals surface area contributed by atoms with Gasteiger partial charge in [-0.25, -0.2) is 4.98 Å². The van der Waals surface area contributed by atoms with E-state index in [1.54, 1.807) is 11.3 Å². The van der Waals surface area contributed by atoms with Gasteiger partial charge in [-0.1, -0.05) is 6.92 Å². The molecule has 0 unspecified atom stereocenters. The van der Waals surface area contributed by atoms with Crippen molar-refractivity contribution in [3.63, 3.8) is 0 Å². The summed E-state index contributed by atoms with van der Waals surface area (Å²) in [5.41, 5.74) is 2.05. The monoisotopic (exact) mass is 291 g/mol. The zero-order valence-corrected chi connectivity index (χ0v) is 13.1. The second kappa shape index (κ2) is 7.31. The molecule has 0 saturated heterocycles. The maximum Gasteiger partial charge on any atom is 0.151 e. The van der Waals surface area contributed by atoms with Gasteiger partial charge in [0, 0.05) is 19.0 Å². The Bertz CT molecular complexity index is 523. The minimum absolute atomic E-state index is 0.756. The van der Waals surface area contributed by atoms with Gasteiger partial charge < -0.3 is 10.2 Å². The fourth-order valence-electron chi connectivity index (χ4n) is 1.85. The van der Waals surface area contributed by atoms with Crippen LogP contribution in [0.2, 0.25) is 0 Å². The van der Waals surface area contributed by atoms with Crippen LogP contribution in [0.25, 0.3) is 0 Å². The first kappa shape index (κ1) is 14.9. The number of rotatable bonds is 7. The molecule has 0 fully saturated rings. The number of nitrogens with one attached hydrogen (secondary N) is 1. The SMILES string of the molecule is CCCNCc1ccc(N(C)Cc2csc(C)n2)nn1. The fourth-order valence-corrected chi connectivity index (χ4v) is 2.45. The fraction of sp³-hybridized carbons (Fsp3) is 0.500. The molecule has 2 heterocycles. The first-order valence-electron chi connectivity index (χ1n) is 6.84. The van der Waals surface area contributed by atoms with Crippen molar-refractivity contribution in [1.82, 2.24) is 20.5 Å². The van der Waals surface area contributed by atoms with Crippen LogP contribution in [-0.4, -0.2) is 28.8 Å². The zero-order valence-electron chi connectivity index (χ0n) is 12.3. The highest BCUT2D eigenvalue weighted by Gasteiger charge is 2.07. The summed E-state index contributed by atoms with van der Waals surface area (Å²) in [7, 11) is 2.01. The topological polar surface area (TPSA) is 53.9 Å². The van der Waals surface area contributed by atoms with Crippen molar-refractivity contribution in [2.75, 3.05) is 18.5 Å². The number of thiazole rings is 1. The molecule has 0 saturated carbocycles. The summed E-state index contributed by atoms with van der Waals surface area (Å²) in [6.07, 6.45) is 1.13. The summed E-state index contributed by atoms with van der Waals surface area (Å²) in [4.78, 5) is 6.52. The number of aromatic nitrogens is 3. The van der Waals surface area contributed by atoms with Gasteiger partial charge in [0.05, 0.1) is 22.9 Å². The molecule has 2 rings (SSSR count). The third-order valence-corrected chi connectivity index (χ3v) is 3.72. The Balaban J connectivity index is 1.91. The average molecular weight is 291 g/mol. The molecular weight excluding hydrogens is 270 g/mol. The number of hydrogen-bond acceptors (Lipinski definition) is 6. The van der Waals surface area contributed by atoms with Crippen LogP contribution in [-0.2, 0) is 13.1 Å². The van der Waals surface area contributed by atoms with Gasteiger partial charge in [0.15, 0.2) is 5.82 Å². The van der Waals surface area contributed by atoms with Gasteiger partial charge in [-0.05, 0) is 32.0 Å². The molecule has 0 aliphatic rings. The molecular formula is C14H21N5S. The Morgan fingerprint density at radius 2 is 2.10 bits per heavy atom. The molecule has 0 spiro atoms. The van der Waals surface area contributed by atoms with Gasteiger partial charge in [0.1, 0.15) is 0 Å². The molecule has 0 atom stereocenters. The van der Waals surface area contributed by atoms with Crippen molar-refractivity contribution in [1.29, 1.82) is 0 Å². The molecule has 6 heteroatoms. The van der Waals surface area contributed by atoms with Crippen molar-refractivity contribution in [3.8, 4) is 0 Å². The maximum atomic E-state index is 4.46. The van der Waals surface area contributed by atoms with Gasteiger partial charge in [-0.15, -0.1) is 16.4 Å². The van der Waals surface area contributed by atoms with Crippen molar-refractivity contribution >= 4 is 17.2 Å². The van der Waals surface area contributed by atoms with Crippen LogP contribution in [0.15, 0.2) is 17.5 Å². The van der Waals surface area contributed by atoms with Crippen LogP contribution in [0, 0.1) is 6.92 Å². The molecule has 20 heavy (non-hydrogen) atoms. The van der Waals surface area contributed by atoms with Gasteiger partial charge >= 0.3 is 0 Å². The van der Waals surface area contributed by atoms with Gasteiger partial charge in [0.25, 0.3) is 0 Å². The minimum Gasteiger partial charge on any atom is -0.352 e. The third kappa shape index (κ3) is 4.25. The summed E-state index contributed by atoms with van der Waals surface area (Å²) in [6, 6.07) is 4.03. The Labute approximate surface area is 124 Å². The van der Waals surface area contributed by atoms with Crippen LogP contribution in [0.4, 0.5) is 5.82 Å². The molecule has 0 radical (unpaired) electrons. The van der Waals surface area contributed by atoms with E-state index in [9.17, 15) is 0 Å². The highest BCUT2D eigenvalue weighted by Crippen LogP contribution is 2.14. The maximum absolute atomic E-state index is 4.46. The first-order chi connectivity index (χ1) is 9.69. The van der Waals surface area contributed by atoms with Crippen molar-refractivity contribution in [2.45, 2.75) is 33.4 Å². The third-order valence-electron chi connectivity index (χ3n) is 2.90. The quantitative estimate of drug-likeness (QED) is 0.794. The van der Waals surface area contributed by atoms with Gasteiger partial charge in [0.2, 0.25) is 0 Å². The summed E-state index contributed by atoms with van der Waals surface area (Å²) < 4.78 is 0.